The highest BCUT2D eigenvalue weighted by atomic mass is 127. The lowest BCUT2D eigenvalue weighted by Crippen LogP contribution is -2.30. The first kappa shape index (κ1) is 16.0. The van der Waals surface area contributed by atoms with Crippen molar-refractivity contribution in [3.05, 3.63) is 32.4 Å². The Morgan fingerprint density at radius 2 is 2.33 bits per heavy atom. The molecule has 0 aromatic heterocycles. The number of hydrogen-bond donors (Lipinski definition) is 2. The quantitative estimate of drug-likeness (QED) is 0.766. The zero-order valence-electron chi connectivity index (χ0n) is 9.71. The maximum absolute atomic E-state index is 11.9. The van der Waals surface area contributed by atoms with Gasteiger partial charge in [-0.15, -0.1) is 12.4 Å². The second-order valence-corrected chi connectivity index (χ2v) is 5.77. The standard InChI is InChI=1S/C12H14ClIN2O.ClH/c13-10-5-9(1-2-11(10)14)12(17)16-7-8-3-4-15-6-8;/h1-2,5,8,15H,3-4,6-7H2,(H,16,17);1H. The van der Waals surface area contributed by atoms with E-state index in [1.54, 1.807) is 12.1 Å². The first-order valence-electron chi connectivity index (χ1n) is 5.61. The summed E-state index contributed by atoms with van der Waals surface area (Å²) < 4.78 is 0.959. The average Bonchev–Trinajstić information content (AvgIpc) is 2.82. The number of nitrogens with one attached hydrogen (secondary N) is 2. The van der Waals surface area contributed by atoms with Crippen molar-refractivity contribution in [1.29, 1.82) is 0 Å². The molecule has 0 bridgehead atoms. The van der Waals surface area contributed by atoms with Crippen LogP contribution in [0.3, 0.4) is 0 Å². The summed E-state index contributed by atoms with van der Waals surface area (Å²) in [5.74, 6) is 0.508. The van der Waals surface area contributed by atoms with Crippen LogP contribution in [0.5, 0.6) is 0 Å². The highest BCUT2D eigenvalue weighted by molar-refractivity contribution is 14.1. The molecule has 100 valence electrons. The summed E-state index contributed by atoms with van der Waals surface area (Å²) in [7, 11) is 0. The van der Waals surface area contributed by atoms with E-state index in [0.717, 1.165) is 29.6 Å². The van der Waals surface area contributed by atoms with E-state index in [9.17, 15) is 4.79 Å². The number of benzene rings is 1. The molecule has 1 aromatic carbocycles. The predicted molar refractivity (Wildman–Crippen MR) is 84.7 cm³/mol. The third-order valence-corrected chi connectivity index (χ3v) is 4.47. The fraction of sp³-hybridized carbons (Fsp3) is 0.417. The van der Waals surface area contributed by atoms with Gasteiger partial charge in [-0.1, -0.05) is 11.6 Å². The van der Waals surface area contributed by atoms with Crippen molar-refractivity contribution < 1.29 is 4.79 Å². The lowest BCUT2D eigenvalue weighted by Gasteiger charge is -2.10. The maximum Gasteiger partial charge on any atom is 0.251 e. The molecule has 1 fully saturated rings. The zero-order valence-corrected chi connectivity index (χ0v) is 13.4. The smallest absolute Gasteiger partial charge is 0.251 e. The van der Waals surface area contributed by atoms with Crippen LogP contribution in [0.15, 0.2) is 18.2 Å². The third-order valence-electron chi connectivity index (χ3n) is 2.90. The summed E-state index contributed by atoms with van der Waals surface area (Å²) in [5, 5.41) is 6.85. The Kier molecular flexibility index (Phi) is 6.70. The van der Waals surface area contributed by atoms with Crippen molar-refractivity contribution in [2.75, 3.05) is 19.6 Å². The molecule has 0 aliphatic carbocycles. The minimum Gasteiger partial charge on any atom is -0.352 e. The molecular formula is C12H15Cl2IN2O. The second kappa shape index (κ2) is 7.53. The summed E-state index contributed by atoms with van der Waals surface area (Å²) in [6.07, 6.45) is 1.13. The van der Waals surface area contributed by atoms with Crippen LogP contribution in [0.2, 0.25) is 5.02 Å². The number of amides is 1. The lowest BCUT2D eigenvalue weighted by atomic mass is 10.1. The molecule has 0 radical (unpaired) electrons. The molecule has 3 nitrogen and oxygen atoms in total. The number of rotatable bonds is 3. The van der Waals surface area contributed by atoms with Gasteiger partial charge in [0.2, 0.25) is 0 Å². The molecule has 2 N–H and O–H groups in total. The molecule has 18 heavy (non-hydrogen) atoms. The van der Waals surface area contributed by atoms with Crippen LogP contribution in [0.25, 0.3) is 0 Å². The molecule has 1 heterocycles. The van der Waals surface area contributed by atoms with E-state index in [-0.39, 0.29) is 18.3 Å². The Hall–Kier alpha value is -0.0400. The molecule has 1 atom stereocenters. The highest BCUT2D eigenvalue weighted by Crippen LogP contribution is 2.19. The fourth-order valence-electron chi connectivity index (χ4n) is 1.87. The van der Waals surface area contributed by atoms with Gasteiger partial charge >= 0.3 is 0 Å². The van der Waals surface area contributed by atoms with Crippen LogP contribution < -0.4 is 10.6 Å². The molecule has 1 saturated heterocycles. The van der Waals surface area contributed by atoms with E-state index in [0.29, 0.717) is 16.5 Å². The molecule has 1 amide bonds. The monoisotopic (exact) mass is 400 g/mol. The van der Waals surface area contributed by atoms with Crippen LogP contribution in [-0.4, -0.2) is 25.5 Å². The van der Waals surface area contributed by atoms with E-state index in [1.165, 1.54) is 0 Å². The molecule has 1 aromatic rings. The van der Waals surface area contributed by atoms with Gasteiger partial charge in [-0.2, -0.15) is 0 Å². The Labute approximate surface area is 132 Å². The summed E-state index contributed by atoms with van der Waals surface area (Å²) in [6, 6.07) is 5.37. The van der Waals surface area contributed by atoms with Gasteiger partial charge in [-0.05, 0) is 66.2 Å². The van der Waals surface area contributed by atoms with E-state index < -0.39 is 0 Å². The SMILES string of the molecule is Cl.O=C(NCC1CCNC1)c1ccc(I)c(Cl)c1. The van der Waals surface area contributed by atoms with E-state index in [4.69, 9.17) is 11.6 Å². The second-order valence-electron chi connectivity index (χ2n) is 4.20. The molecule has 0 spiro atoms. The Bertz CT molecular complexity index is 423. The third kappa shape index (κ3) is 4.26. The van der Waals surface area contributed by atoms with Gasteiger partial charge in [0.15, 0.2) is 0 Å². The van der Waals surface area contributed by atoms with Gasteiger partial charge in [0.1, 0.15) is 0 Å². The van der Waals surface area contributed by atoms with Crippen LogP contribution in [0.4, 0.5) is 0 Å². The molecule has 1 aliphatic rings. The first-order valence-corrected chi connectivity index (χ1v) is 7.06. The first-order chi connectivity index (χ1) is 8.16. The lowest BCUT2D eigenvalue weighted by molar-refractivity contribution is 0.0948. The van der Waals surface area contributed by atoms with Gasteiger partial charge in [0.05, 0.1) is 5.02 Å². The average molecular weight is 401 g/mol. The Balaban J connectivity index is 0.00000162. The number of carbonyl (C=O) groups is 1. The molecule has 1 unspecified atom stereocenters. The van der Waals surface area contributed by atoms with Crippen molar-refractivity contribution in [3.8, 4) is 0 Å². The minimum absolute atomic E-state index is 0. The Morgan fingerprint density at radius 1 is 1.56 bits per heavy atom. The topological polar surface area (TPSA) is 41.1 Å². The van der Waals surface area contributed by atoms with Crippen molar-refractivity contribution in [2.45, 2.75) is 6.42 Å². The van der Waals surface area contributed by atoms with E-state index in [1.807, 2.05) is 6.07 Å². The fourth-order valence-corrected chi connectivity index (χ4v) is 2.38. The van der Waals surface area contributed by atoms with E-state index in [2.05, 4.69) is 33.2 Å². The normalized spacial score (nSPS) is 18.2. The maximum atomic E-state index is 11.9. The zero-order chi connectivity index (χ0) is 12.3. The number of hydrogen-bond acceptors (Lipinski definition) is 2. The highest BCUT2D eigenvalue weighted by Gasteiger charge is 2.15. The molecule has 1 aliphatic heterocycles. The van der Waals surface area contributed by atoms with E-state index >= 15 is 0 Å². The van der Waals surface area contributed by atoms with Gasteiger partial charge in [-0.3, -0.25) is 4.79 Å². The summed E-state index contributed by atoms with van der Waals surface area (Å²) in [5.41, 5.74) is 0.626. The van der Waals surface area contributed by atoms with Gasteiger partial charge < -0.3 is 10.6 Å². The summed E-state index contributed by atoms with van der Waals surface area (Å²) in [6.45, 7) is 2.78. The summed E-state index contributed by atoms with van der Waals surface area (Å²) >= 11 is 8.13. The number of carbonyl (C=O) groups excluding carboxylic acids is 1. The van der Waals surface area contributed by atoms with Crippen molar-refractivity contribution in [2.24, 2.45) is 5.92 Å². The van der Waals surface area contributed by atoms with Crippen molar-refractivity contribution in [3.63, 3.8) is 0 Å². The van der Waals surface area contributed by atoms with Gasteiger partial charge in [0, 0.05) is 15.7 Å². The number of halogens is 3. The minimum atomic E-state index is -0.0461. The molecule has 0 saturated carbocycles. The summed E-state index contributed by atoms with van der Waals surface area (Å²) in [4.78, 5) is 11.9. The van der Waals surface area contributed by atoms with Crippen molar-refractivity contribution in [1.82, 2.24) is 10.6 Å². The van der Waals surface area contributed by atoms with Crippen LogP contribution in [0.1, 0.15) is 16.8 Å². The van der Waals surface area contributed by atoms with Crippen LogP contribution in [-0.2, 0) is 0 Å². The largest absolute Gasteiger partial charge is 0.352 e. The molecule has 6 heteroatoms. The predicted octanol–water partition coefficient (Wildman–Crippen LogP) is 2.71. The molecule has 2 rings (SSSR count). The molecular weight excluding hydrogens is 386 g/mol. The Morgan fingerprint density at radius 3 is 2.94 bits per heavy atom. The van der Waals surface area contributed by atoms with Crippen LogP contribution >= 0.6 is 46.6 Å². The van der Waals surface area contributed by atoms with Crippen molar-refractivity contribution >= 4 is 52.5 Å². The van der Waals surface area contributed by atoms with Gasteiger partial charge in [0.25, 0.3) is 5.91 Å². The van der Waals surface area contributed by atoms with Crippen LogP contribution in [0, 0.1) is 9.49 Å². The van der Waals surface area contributed by atoms with Gasteiger partial charge in [-0.25, -0.2) is 0 Å².